The van der Waals surface area contributed by atoms with Crippen molar-refractivity contribution in [2.45, 2.75) is 12.4 Å². The van der Waals surface area contributed by atoms with Crippen molar-refractivity contribution < 1.29 is 35.9 Å². The molecule has 0 spiro atoms. The first-order valence-electron chi connectivity index (χ1n) is 5.83. The minimum absolute atomic E-state index is 0.320. The van der Waals surface area contributed by atoms with Gasteiger partial charge in [0.2, 0.25) is 23.2 Å². The van der Waals surface area contributed by atoms with Gasteiger partial charge >= 0.3 is 12.4 Å². The van der Waals surface area contributed by atoms with Gasteiger partial charge in [0, 0.05) is 7.05 Å². The number of fused-ring (bicyclic) bond motifs is 2. The Morgan fingerprint density at radius 2 is 1.52 bits per heavy atom. The number of aromatic nitrogens is 4. The highest BCUT2D eigenvalue weighted by Gasteiger charge is 2.46. The fraction of sp³-hybridized carbons (Fsp3) is 0.273. The van der Waals surface area contributed by atoms with Gasteiger partial charge in [-0.3, -0.25) is 9.59 Å². The zero-order valence-corrected chi connectivity index (χ0v) is 10.9. The Morgan fingerprint density at radius 3 is 2.04 bits per heavy atom. The van der Waals surface area contributed by atoms with Crippen molar-refractivity contribution in [3.8, 4) is 0 Å². The standard InChI is InChI=1S/C11H4F6N4O2/c1-21-5-4(20-9(21)11(15,16)17)6(22)2-3(7(5)23)19-8(18-2)10(12,13)14/h1H3,(H,18,19). The summed E-state index contributed by atoms with van der Waals surface area (Å²) in [5, 5.41) is 0. The van der Waals surface area contributed by atoms with Gasteiger partial charge in [0.1, 0.15) is 22.8 Å². The molecule has 1 aliphatic rings. The second-order valence-electron chi connectivity index (χ2n) is 4.65. The van der Waals surface area contributed by atoms with E-state index in [1.54, 1.807) is 4.98 Å². The highest BCUT2D eigenvalue weighted by Crippen LogP contribution is 2.35. The molecule has 0 aromatic carbocycles. The van der Waals surface area contributed by atoms with Gasteiger partial charge < -0.3 is 9.55 Å². The zero-order chi connectivity index (χ0) is 17.3. The fourth-order valence-electron chi connectivity index (χ4n) is 2.24. The maximum atomic E-state index is 12.8. The van der Waals surface area contributed by atoms with Gasteiger partial charge in [-0.2, -0.15) is 26.3 Å². The van der Waals surface area contributed by atoms with Gasteiger partial charge in [-0.05, 0) is 0 Å². The van der Waals surface area contributed by atoms with Crippen molar-refractivity contribution in [2.75, 3.05) is 0 Å². The number of alkyl halides is 6. The summed E-state index contributed by atoms with van der Waals surface area (Å²) in [5.74, 6) is -5.60. The molecule has 0 radical (unpaired) electrons. The van der Waals surface area contributed by atoms with E-state index in [1.807, 2.05) is 0 Å². The molecule has 23 heavy (non-hydrogen) atoms. The first kappa shape index (κ1) is 15.2. The summed E-state index contributed by atoms with van der Waals surface area (Å²) < 4.78 is 76.5. The molecular formula is C11H4F6N4O2. The molecule has 0 aliphatic heterocycles. The Morgan fingerprint density at radius 1 is 0.913 bits per heavy atom. The third-order valence-electron chi connectivity index (χ3n) is 3.19. The normalized spacial score (nSPS) is 14.9. The molecule has 0 saturated carbocycles. The highest BCUT2D eigenvalue weighted by molar-refractivity contribution is 6.25. The Hall–Kier alpha value is -2.66. The smallest absolute Gasteiger partial charge is 0.331 e. The third-order valence-corrected chi connectivity index (χ3v) is 3.19. The Bertz CT molecular complexity index is 857. The van der Waals surface area contributed by atoms with E-state index in [9.17, 15) is 35.9 Å². The van der Waals surface area contributed by atoms with Crippen LogP contribution in [0.4, 0.5) is 26.3 Å². The van der Waals surface area contributed by atoms with Crippen LogP contribution < -0.4 is 0 Å². The fourth-order valence-corrected chi connectivity index (χ4v) is 2.24. The van der Waals surface area contributed by atoms with Crippen LogP contribution in [0.2, 0.25) is 0 Å². The van der Waals surface area contributed by atoms with Gasteiger partial charge in [-0.15, -0.1) is 0 Å². The van der Waals surface area contributed by atoms with Gasteiger partial charge in [0.15, 0.2) is 0 Å². The van der Waals surface area contributed by atoms with Gasteiger partial charge in [-0.1, -0.05) is 0 Å². The molecule has 2 heterocycles. The van der Waals surface area contributed by atoms with Crippen LogP contribution in [0.25, 0.3) is 0 Å². The van der Waals surface area contributed by atoms with Gasteiger partial charge in [-0.25, -0.2) is 9.97 Å². The number of rotatable bonds is 0. The second-order valence-corrected chi connectivity index (χ2v) is 4.65. The molecule has 2 aromatic heterocycles. The van der Waals surface area contributed by atoms with E-state index in [-0.39, 0.29) is 0 Å². The summed E-state index contributed by atoms with van der Waals surface area (Å²) in [6.45, 7) is 0. The molecule has 12 heteroatoms. The van der Waals surface area contributed by atoms with Crippen molar-refractivity contribution >= 4 is 11.6 Å². The molecule has 3 rings (SSSR count). The van der Waals surface area contributed by atoms with Gasteiger partial charge in [0.05, 0.1) is 0 Å². The molecule has 0 amide bonds. The predicted molar refractivity (Wildman–Crippen MR) is 58.7 cm³/mol. The monoisotopic (exact) mass is 338 g/mol. The summed E-state index contributed by atoms with van der Waals surface area (Å²) in [4.78, 5) is 31.9. The van der Waals surface area contributed by atoms with E-state index in [4.69, 9.17) is 0 Å². The van der Waals surface area contributed by atoms with Crippen molar-refractivity contribution in [1.29, 1.82) is 0 Å². The van der Waals surface area contributed by atoms with Crippen LogP contribution in [0.1, 0.15) is 44.0 Å². The molecular weight excluding hydrogens is 334 g/mol. The maximum absolute atomic E-state index is 12.8. The molecule has 0 bridgehead atoms. The quantitative estimate of drug-likeness (QED) is 0.636. The largest absolute Gasteiger partial charge is 0.449 e. The van der Waals surface area contributed by atoms with Crippen LogP contribution in [0, 0.1) is 0 Å². The average molecular weight is 338 g/mol. The molecule has 0 saturated heterocycles. The van der Waals surface area contributed by atoms with E-state index < -0.39 is 58.3 Å². The zero-order valence-electron chi connectivity index (χ0n) is 10.9. The minimum Gasteiger partial charge on any atom is -0.331 e. The number of hydrogen-bond donors (Lipinski definition) is 1. The van der Waals surface area contributed by atoms with E-state index in [0.29, 0.717) is 4.57 Å². The number of imidazole rings is 2. The number of hydrogen-bond acceptors (Lipinski definition) is 4. The molecule has 0 unspecified atom stereocenters. The number of H-pyrrole nitrogens is 1. The topological polar surface area (TPSA) is 80.6 Å². The van der Waals surface area contributed by atoms with Crippen molar-refractivity contribution in [1.82, 2.24) is 19.5 Å². The first-order chi connectivity index (χ1) is 10.4. The summed E-state index contributed by atoms with van der Waals surface area (Å²) in [6.07, 6.45) is -9.89. The van der Waals surface area contributed by atoms with Crippen molar-refractivity contribution in [3.63, 3.8) is 0 Å². The summed E-state index contributed by atoms with van der Waals surface area (Å²) in [7, 11) is 0.835. The SMILES string of the molecule is Cn1c(C(F)(F)F)nc2c1C(=O)c1nc(C(F)(F)F)[nH]c1C2=O. The van der Waals surface area contributed by atoms with Crippen LogP contribution >= 0.6 is 0 Å². The van der Waals surface area contributed by atoms with Crippen molar-refractivity contribution in [3.05, 3.63) is 34.4 Å². The molecule has 122 valence electrons. The van der Waals surface area contributed by atoms with Gasteiger partial charge in [0.25, 0.3) is 0 Å². The third kappa shape index (κ3) is 2.04. The van der Waals surface area contributed by atoms with Crippen LogP contribution in [-0.4, -0.2) is 31.1 Å². The Labute approximate surface area is 122 Å². The predicted octanol–water partition coefficient (Wildman–Crippen LogP) is 1.96. The van der Waals surface area contributed by atoms with E-state index in [0.717, 1.165) is 7.05 Å². The van der Waals surface area contributed by atoms with E-state index in [1.165, 1.54) is 0 Å². The number of aromatic amines is 1. The molecule has 1 N–H and O–H groups in total. The van der Waals surface area contributed by atoms with E-state index in [2.05, 4.69) is 9.97 Å². The summed E-state index contributed by atoms with van der Waals surface area (Å²) in [5.41, 5.74) is -3.34. The first-order valence-corrected chi connectivity index (χ1v) is 5.83. The molecule has 0 fully saturated rings. The lowest BCUT2D eigenvalue weighted by Crippen LogP contribution is -2.23. The number of carbonyl (C=O) groups excluding carboxylic acids is 2. The maximum Gasteiger partial charge on any atom is 0.449 e. The van der Waals surface area contributed by atoms with Crippen LogP contribution in [0.3, 0.4) is 0 Å². The molecule has 2 aromatic rings. The number of nitrogens with zero attached hydrogens (tertiary/aromatic N) is 3. The second kappa shape index (κ2) is 4.20. The van der Waals surface area contributed by atoms with E-state index >= 15 is 0 Å². The molecule has 0 atom stereocenters. The molecule has 1 aliphatic carbocycles. The number of nitrogens with one attached hydrogen (secondary N) is 1. The lowest BCUT2D eigenvalue weighted by Gasteiger charge is -2.10. The van der Waals surface area contributed by atoms with Crippen LogP contribution in [-0.2, 0) is 19.4 Å². The number of halogens is 6. The van der Waals surface area contributed by atoms with Crippen molar-refractivity contribution in [2.24, 2.45) is 7.05 Å². The lowest BCUT2D eigenvalue weighted by atomic mass is 9.99. The lowest BCUT2D eigenvalue weighted by molar-refractivity contribution is -0.146. The molecule has 6 nitrogen and oxygen atoms in total. The number of ketones is 2. The Kier molecular flexibility index (Phi) is 2.79. The summed E-state index contributed by atoms with van der Waals surface area (Å²) >= 11 is 0. The average Bonchev–Trinajstić information content (AvgIpc) is 2.96. The minimum atomic E-state index is -4.95. The Balaban J connectivity index is 2.23. The number of carbonyl (C=O) groups is 2. The highest BCUT2D eigenvalue weighted by atomic mass is 19.4. The van der Waals surface area contributed by atoms with Crippen LogP contribution in [0.15, 0.2) is 0 Å². The van der Waals surface area contributed by atoms with Crippen LogP contribution in [0.5, 0.6) is 0 Å². The summed E-state index contributed by atoms with van der Waals surface area (Å²) in [6, 6.07) is 0.